The fraction of sp³-hybridized carbons (Fsp3) is 0.286. The van der Waals surface area contributed by atoms with Gasteiger partial charge in [0.2, 0.25) is 0 Å². The minimum absolute atomic E-state index is 0.0160. The van der Waals surface area contributed by atoms with Gasteiger partial charge in [-0.2, -0.15) is 0 Å². The number of ether oxygens (including phenoxy) is 1. The first-order valence-corrected chi connectivity index (χ1v) is 6.03. The highest BCUT2D eigenvalue weighted by atomic mass is 16.5. The molecule has 5 nitrogen and oxygen atoms in total. The number of carbonyl (C=O) groups excluding carboxylic acids is 1. The Balaban J connectivity index is 2.11. The number of aromatic hydroxyl groups is 1. The van der Waals surface area contributed by atoms with Crippen LogP contribution in [0, 0.1) is 0 Å². The lowest BCUT2D eigenvalue weighted by Gasteiger charge is -2.19. The normalized spacial score (nSPS) is 21.1. The lowest BCUT2D eigenvalue weighted by molar-refractivity contribution is 0.0777. The second-order valence-electron chi connectivity index (χ2n) is 4.77. The van der Waals surface area contributed by atoms with Gasteiger partial charge in [-0.05, 0) is 12.5 Å². The summed E-state index contributed by atoms with van der Waals surface area (Å²) in [5, 5.41) is 9.75. The molecule has 0 aromatic heterocycles. The zero-order valence-corrected chi connectivity index (χ0v) is 10.6. The van der Waals surface area contributed by atoms with Crippen LogP contribution < -0.4 is 4.74 Å². The molecule has 19 heavy (non-hydrogen) atoms. The molecule has 0 unspecified atom stereocenters. The molecule has 1 aromatic carbocycles. The Morgan fingerprint density at radius 1 is 1.53 bits per heavy atom. The van der Waals surface area contributed by atoms with Crippen LogP contribution in [0.15, 0.2) is 29.3 Å². The van der Waals surface area contributed by atoms with E-state index in [1.807, 2.05) is 0 Å². The molecule has 0 radical (unpaired) electrons. The fourth-order valence-corrected chi connectivity index (χ4v) is 2.50. The van der Waals surface area contributed by atoms with Crippen molar-refractivity contribution in [3.63, 3.8) is 0 Å². The summed E-state index contributed by atoms with van der Waals surface area (Å²) in [5.74, 6) is 0.158. The van der Waals surface area contributed by atoms with Gasteiger partial charge in [0.05, 0.1) is 24.4 Å². The maximum absolute atomic E-state index is 12.5. The Labute approximate surface area is 110 Å². The van der Waals surface area contributed by atoms with Gasteiger partial charge in [-0.3, -0.25) is 9.79 Å². The van der Waals surface area contributed by atoms with Crippen LogP contribution in [0.3, 0.4) is 0 Å². The second kappa shape index (κ2) is 4.12. The molecule has 2 aliphatic heterocycles. The van der Waals surface area contributed by atoms with Crippen molar-refractivity contribution in [3.8, 4) is 11.5 Å². The minimum Gasteiger partial charge on any atom is -0.504 e. The Kier molecular flexibility index (Phi) is 2.55. The highest BCUT2D eigenvalue weighted by Crippen LogP contribution is 2.37. The van der Waals surface area contributed by atoms with Crippen molar-refractivity contribution < 1.29 is 14.6 Å². The van der Waals surface area contributed by atoms with Crippen LogP contribution in [0.5, 0.6) is 11.5 Å². The van der Waals surface area contributed by atoms with Crippen LogP contribution in [0.25, 0.3) is 0 Å². The summed E-state index contributed by atoms with van der Waals surface area (Å²) < 4.78 is 5.04. The van der Waals surface area contributed by atoms with E-state index in [9.17, 15) is 9.90 Å². The number of fused-ring (bicyclic) bond motifs is 2. The van der Waals surface area contributed by atoms with E-state index in [0.717, 1.165) is 12.0 Å². The van der Waals surface area contributed by atoms with Crippen LogP contribution in [0.4, 0.5) is 5.69 Å². The first-order chi connectivity index (χ1) is 9.10. The van der Waals surface area contributed by atoms with Gasteiger partial charge in [0.15, 0.2) is 11.5 Å². The average molecular weight is 258 g/mol. The quantitative estimate of drug-likeness (QED) is 0.782. The standard InChI is InChI=1S/C14H14N2O3/c1-8-3-9-6-15-11-5-12(17)13(19-2)4-10(11)14(18)16(9)7-8/h4-6,9,17H,1,3,7H2,2H3/t9-/m1/s1. The number of benzene rings is 1. The Hall–Kier alpha value is -2.30. The summed E-state index contributed by atoms with van der Waals surface area (Å²) in [6, 6.07) is 2.95. The molecule has 0 aliphatic carbocycles. The summed E-state index contributed by atoms with van der Waals surface area (Å²) in [5.41, 5.74) is 1.95. The number of rotatable bonds is 1. The fourth-order valence-electron chi connectivity index (χ4n) is 2.50. The summed E-state index contributed by atoms with van der Waals surface area (Å²) in [6.45, 7) is 4.48. The molecule has 1 saturated heterocycles. The molecule has 98 valence electrons. The van der Waals surface area contributed by atoms with E-state index in [1.165, 1.54) is 19.2 Å². The number of carbonyl (C=O) groups is 1. The van der Waals surface area contributed by atoms with Gasteiger partial charge in [-0.1, -0.05) is 12.2 Å². The Bertz CT molecular complexity index is 607. The van der Waals surface area contributed by atoms with Crippen LogP contribution in [0.1, 0.15) is 16.8 Å². The summed E-state index contributed by atoms with van der Waals surface area (Å²) in [6.07, 6.45) is 2.49. The lowest BCUT2D eigenvalue weighted by Crippen LogP contribution is -2.35. The van der Waals surface area contributed by atoms with Crippen molar-refractivity contribution >= 4 is 17.8 Å². The first-order valence-electron chi connectivity index (χ1n) is 6.03. The average Bonchev–Trinajstić information content (AvgIpc) is 2.71. The van der Waals surface area contributed by atoms with Gasteiger partial charge >= 0.3 is 0 Å². The third kappa shape index (κ3) is 1.78. The predicted octanol–water partition coefficient (Wildman–Crippen LogP) is 1.89. The maximum atomic E-state index is 12.5. The van der Waals surface area contributed by atoms with E-state index in [0.29, 0.717) is 17.8 Å². The second-order valence-corrected chi connectivity index (χ2v) is 4.77. The zero-order valence-electron chi connectivity index (χ0n) is 10.6. The van der Waals surface area contributed by atoms with Gasteiger partial charge < -0.3 is 14.7 Å². The van der Waals surface area contributed by atoms with Gasteiger partial charge in [0.25, 0.3) is 5.91 Å². The minimum atomic E-state index is -0.102. The number of phenols is 1. The predicted molar refractivity (Wildman–Crippen MR) is 71.4 cm³/mol. The van der Waals surface area contributed by atoms with E-state index >= 15 is 0 Å². The van der Waals surface area contributed by atoms with Gasteiger partial charge in [0.1, 0.15) is 0 Å². The molecule has 1 N–H and O–H groups in total. The summed E-state index contributed by atoms with van der Waals surface area (Å²) in [7, 11) is 1.45. The Morgan fingerprint density at radius 2 is 2.32 bits per heavy atom. The molecule has 1 aromatic rings. The van der Waals surface area contributed by atoms with Crippen LogP contribution in [-0.2, 0) is 0 Å². The van der Waals surface area contributed by atoms with Crippen molar-refractivity contribution in [2.24, 2.45) is 4.99 Å². The smallest absolute Gasteiger partial charge is 0.257 e. The molecule has 0 saturated carbocycles. The number of nitrogens with zero attached hydrogens (tertiary/aromatic N) is 2. The number of phenolic OH excluding ortho intramolecular Hbond substituents is 1. The van der Waals surface area contributed by atoms with Crippen LogP contribution in [0.2, 0.25) is 0 Å². The number of hydrogen-bond donors (Lipinski definition) is 1. The molecule has 1 amide bonds. The largest absolute Gasteiger partial charge is 0.504 e. The van der Waals surface area contributed by atoms with E-state index in [-0.39, 0.29) is 23.4 Å². The third-order valence-corrected chi connectivity index (χ3v) is 3.47. The Morgan fingerprint density at radius 3 is 3.05 bits per heavy atom. The third-order valence-electron chi connectivity index (χ3n) is 3.47. The summed E-state index contributed by atoms with van der Waals surface area (Å²) in [4.78, 5) is 18.6. The van der Waals surface area contributed by atoms with Gasteiger partial charge in [-0.25, -0.2) is 0 Å². The van der Waals surface area contributed by atoms with Gasteiger partial charge in [0, 0.05) is 18.8 Å². The van der Waals surface area contributed by atoms with E-state index < -0.39 is 0 Å². The van der Waals surface area contributed by atoms with Crippen LogP contribution >= 0.6 is 0 Å². The van der Waals surface area contributed by atoms with Crippen LogP contribution in [-0.4, -0.2) is 41.8 Å². The number of aliphatic imine (C=N–C) groups is 1. The molecule has 0 bridgehead atoms. The van der Waals surface area contributed by atoms with E-state index in [4.69, 9.17) is 4.74 Å². The number of hydrogen-bond acceptors (Lipinski definition) is 4. The van der Waals surface area contributed by atoms with Crippen molar-refractivity contribution in [2.75, 3.05) is 13.7 Å². The first kappa shape index (κ1) is 11.8. The topological polar surface area (TPSA) is 62.1 Å². The van der Waals surface area contributed by atoms with E-state index in [1.54, 1.807) is 11.1 Å². The molecular formula is C14H14N2O3. The molecule has 1 atom stereocenters. The molecule has 1 fully saturated rings. The molecule has 0 spiro atoms. The zero-order chi connectivity index (χ0) is 13.6. The molecule has 3 rings (SSSR count). The molecule has 2 heterocycles. The highest BCUT2D eigenvalue weighted by Gasteiger charge is 2.33. The van der Waals surface area contributed by atoms with E-state index in [2.05, 4.69) is 11.6 Å². The SMILES string of the molecule is C=C1C[C@@H]2C=Nc3cc(O)c(OC)cc3C(=O)N2C1. The number of methoxy groups -OCH3 is 1. The van der Waals surface area contributed by atoms with Crippen molar-refractivity contribution in [1.82, 2.24) is 4.90 Å². The molecule has 5 heteroatoms. The lowest BCUT2D eigenvalue weighted by atomic mass is 10.1. The van der Waals surface area contributed by atoms with Crippen molar-refractivity contribution in [3.05, 3.63) is 29.8 Å². The van der Waals surface area contributed by atoms with Crippen molar-refractivity contribution in [1.29, 1.82) is 0 Å². The monoisotopic (exact) mass is 258 g/mol. The maximum Gasteiger partial charge on any atom is 0.257 e. The highest BCUT2D eigenvalue weighted by molar-refractivity contribution is 6.03. The van der Waals surface area contributed by atoms with Crippen molar-refractivity contribution in [2.45, 2.75) is 12.5 Å². The molecular weight excluding hydrogens is 244 g/mol. The molecule has 2 aliphatic rings. The summed E-state index contributed by atoms with van der Waals surface area (Å²) >= 11 is 0. The van der Waals surface area contributed by atoms with Gasteiger partial charge in [-0.15, -0.1) is 0 Å². The number of amides is 1.